The van der Waals surface area contributed by atoms with Crippen molar-refractivity contribution in [1.29, 1.82) is 0 Å². The molecule has 0 radical (unpaired) electrons. The van der Waals surface area contributed by atoms with Crippen molar-refractivity contribution in [2.75, 3.05) is 25.1 Å². The number of likely N-dealkylation sites (N-methyl/N-ethyl adjacent to an activating group) is 1. The second-order valence-corrected chi connectivity index (χ2v) is 12.3. The van der Waals surface area contributed by atoms with E-state index in [1.807, 2.05) is 20.9 Å². The number of carbonyl (C=O) groups is 2. The van der Waals surface area contributed by atoms with Crippen LogP contribution in [0.1, 0.15) is 87.0 Å². The van der Waals surface area contributed by atoms with Crippen LogP contribution in [-0.4, -0.2) is 76.4 Å². The number of rotatable bonds is 12. The zero-order valence-electron chi connectivity index (χ0n) is 27.1. The molecule has 4 rings (SSSR count). The average molecular weight is 686 g/mol. The predicted octanol–water partition coefficient (Wildman–Crippen LogP) is 6.35. The van der Waals surface area contributed by atoms with E-state index >= 15 is 0 Å². The van der Waals surface area contributed by atoms with Crippen molar-refractivity contribution in [2.45, 2.75) is 102 Å². The Labute approximate surface area is 275 Å². The Morgan fingerprint density at radius 3 is 2.02 bits per heavy atom. The smallest absolute Gasteiger partial charge is 0.416 e. The molecule has 4 atom stereocenters. The number of aromatic nitrogens is 2. The standard InChI is InChI=1S/C32H41F6N7O3/c1-4-25-13-27(14-26(5-2)45(25)30(47)48-9-7-6-8-28(39)46)44(29-40-15-21(16-41-29)22-17-42-43(3)19-22)18-20-10-23(31(33,34)35)12-24(11-20)32(36,37)38/h10-12,15-17,22,25-27H,4-9,13-14,18-19H2,1-3H3,(H2,39,46)/t22?,25-,26+,27+. The van der Waals surface area contributed by atoms with Crippen LogP contribution in [0.4, 0.5) is 37.1 Å². The lowest BCUT2D eigenvalue weighted by Gasteiger charge is -2.47. The summed E-state index contributed by atoms with van der Waals surface area (Å²) >= 11 is 0. The van der Waals surface area contributed by atoms with Gasteiger partial charge in [-0.1, -0.05) is 13.8 Å². The van der Waals surface area contributed by atoms with E-state index in [1.54, 1.807) is 33.4 Å². The van der Waals surface area contributed by atoms with Crippen molar-refractivity contribution >= 4 is 24.2 Å². The average Bonchev–Trinajstić information content (AvgIpc) is 3.47. The van der Waals surface area contributed by atoms with Crippen molar-refractivity contribution < 1.29 is 40.7 Å². The maximum atomic E-state index is 13.8. The van der Waals surface area contributed by atoms with Gasteiger partial charge in [-0.15, -0.1) is 0 Å². The van der Waals surface area contributed by atoms with Gasteiger partial charge in [-0.05, 0) is 67.9 Å². The number of carbonyl (C=O) groups excluding carboxylic acids is 2. The van der Waals surface area contributed by atoms with Gasteiger partial charge in [0.25, 0.3) is 0 Å². The Balaban J connectivity index is 1.66. The first kappa shape index (κ1) is 36.7. The number of likely N-dealkylation sites (tertiary alicyclic amines) is 1. The Bertz CT molecular complexity index is 1390. The number of primary amides is 1. The third kappa shape index (κ3) is 9.28. The molecule has 0 spiro atoms. The number of ether oxygens (including phenoxy) is 1. The molecule has 2 aliphatic rings. The molecule has 16 heteroatoms. The number of nitrogens with zero attached hydrogens (tertiary/aromatic N) is 6. The Morgan fingerprint density at radius 2 is 1.54 bits per heavy atom. The van der Waals surface area contributed by atoms with E-state index in [0.29, 0.717) is 45.1 Å². The number of piperidine rings is 1. The molecule has 1 fully saturated rings. The fraction of sp³-hybridized carbons (Fsp3) is 0.594. The minimum absolute atomic E-state index is 0.0747. The topological polar surface area (TPSA) is 117 Å². The van der Waals surface area contributed by atoms with Crippen LogP contribution in [0.2, 0.25) is 0 Å². The summed E-state index contributed by atoms with van der Waals surface area (Å²) in [5, 5.41) is 5.98. The second-order valence-electron chi connectivity index (χ2n) is 12.3. The fourth-order valence-corrected chi connectivity index (χ4v) is 6.27. The number of nitrogens with two attached hydrogens (primary N) is 1. The van der Waals surface area contributed by atoms with Gasteiger partial charge in [-0.2, -0.15) is 31.4 Å². The molecule has 2 N–H and O–H groups in total. The highest BCUT2D eigenvalue weighted by atomic mass is 19.4. The Morgan fingerprint density at radius 1 is 0.958 bits per heavy atom. The summed E-state index contributed by atoms with van der Waals surface area (Å²) in [6.07, 6.45) is -2.73. The lowest BCUT2D eigenvalue weighted by atomic mass is 9.87. The Kier molecular flexibility index (Phi) is 11.8. The molecule has 2 amide bonds. The molecule has 0 saturated carbocycles. The normalized spacial score (nSPS) is 21.4. The van der Waals surface area contributed by atoms with Crippen LogP contribution in [0, 0.1) is 0 Å². The molecule has 10 nitrogen and oxygen atoms in total. The van der Waals surface area contributed by atoms with Gasteiger partial charge < -0.3 is 20.3 Å². The first-order valence-corrected chi connectivity index (χ1v) is 16.0. The summed E-state index contributed by atoms with van der Waals surface area (Å²) in [7, 11) is 1.82. The summed E-state index contributed by atoms with van der Waals surface area (Å²) in [4.78, 5) is 36.7. The van der Waals surface area contributed by atoms with Crippen molar-refractivity contribution in [2.24, 2.45) is 10.8 Å². The number of hydrazone groups is 1. The van der Waals surface area contributed by atoms with Crippen molar-refractivity contribution in [3.05, 3.63) is 52.8 Å². The molecule has 0 aliphatic carbocycles. The third-order valence-corrected chi connectivity index (χ3v) is 8.76. The van der Waals surface area contributed by atoms with E-state index in [1.165, 1.54) is 0 Å². The maximum absolute atomic E-state index is 13.8. The number of alkyl halides is 6. The van der Waals surface area contributed by atoms with Crippen molar-refractivity contribution in [1.82, 2.24) is 19.9 Å². The van der Waals surface area contributed by atoms with Crippen molar-refractivity contribution in [3.8, 4) is 0 Å². The highest BCUT2D eigenvalue weighted by Gasteiger charge is 2.41. The van der Waals surface area contributed by atoms with E-state index in [4.69, 9.17) is 10.5 Å². The molecule has 1 aromatic heterocycles. The first-order chi connectivity index (χ1) is 22.6. The van der Waals surface area contributed by atoms with Crippen LogP contribution in [0.5, 0.6) is 0 Å². The number of amides is 2. The summed E-state index contributed by atoms with van der Waals surface area (Å²) in [5.74, 6) is -0.370. The van der Waals surface area contributed by atoms with Crippen LogP contribution >= 0.6 is 0 Å². The summed E-state index contributed by atoms with van der Waals surface area (Å²) < 4.78 is 88.1. The molecule has 0 bridgehead atoms. The minimum atomic E-state index is -5.00. The number of hydrogen-bond acceptors (Lipinski definition) is 8. The van der Waals surface area contributed by atoms with E-state index < -0.39 is 41.5 Å². The van der Waals surface area contributed by atoms with E-state index in [0.717, 1.165) is 17.7 Å². The van der Waals surface area contributed by atoms with Gasteiger partial charge in [0.05, 0.1) is 17.7 Å². The van der Waals surface area contributed by atoms with Crippen LogP contribution in [0.15, 0.2) is 35.7 Å². The largest absolute Gasteiger partial charge is 0.449 e. The van der Waals surface area contributed by atoms with Gasteiger partial charge in [0.2, 0.25) is 11.9 Å². The third-order valence-electron chi connectivity index (χ3n) is 8.76. The molecule has 1 unspecified atom stereocenters. The number of hydrogen-bond donors (Lipinski definition) is 1. The van der Waals surface area contributed by atoms with Gasteiger partial charge in [-0.25, -0.2) is 14.8 Å². The highest BCUT2D eigenvalue weighted by molar-refractivity contribution is 5.73. The molecule has 2 aromatic rings. The van der Waals surface area contributed by atoms with E-state index in [9.17, 15) is 35.9 Å². The summed E-state index contributed by atoms with van der Waals surface area (Å²) in [6, 6.07) is 0.435. The minimum Gasteiger partial charge on any atom is -0.449 e. The number of anilines is 1. The quantitative estimate of drug-likeness (QED) is 0.205. The molecule has 48 heavy (non-hydrogen) atoms. The van der Waals surface area contributed by atoms with Crippen molar-refractivity contribution in [3.63, 3.8) is 0 Å². The van der Waals surface area contributed by atoms with Gasteiger partial charge in [0.15, 0.2) is 0 Å². The summed E-state index contributed by atoms with van der Waals surface area (Å²) in [5.41, 5.74) is 2.92. The van der Waals surface area contributed by atoms with Gasteiger partial charge in [0.1, 0.15) is 0 Å². The number of halogens is 6. The maximum Gasteiger partial charge on any atom is 0.416 e. The zero-order chi connectivity index (χ0) is 35.2. The molecular weight excluding hydrogens is 644 g/mol. The lowest BCUT2D eigenvalue weighted by Crippen LogP contribution is -2.57. The Hall–Kier alpha value is -4.11. The van der Waals surface area contributed by atoms with Crippen LogP contribution < -0.4 is 10.6 Å². The van der Waals surface area contributed by atoms with Gasteiger partial charge in [-0.3, -0.25) is 9.80 Å². The fourth-order valence-electron chi connectivity index (χ4n) is 6.27. The number of unbranched alkanes of at least 4 members (excludes halogenated alkanes) is 1. The second kappa shape index (κ2) is 15.4. The monoisotopic (exact) mass is 685 g/mol. The molecule has 1 aromatic carbocycles. The SMILES string of the molecule is CC[C@@H]1C[C@H](N(Cc2cc(C(F)(F)F)cc(C(F)(F)F)c2)c2ncc(C3C=NN(C)C3)cn2)C[C@H](CC)N1C(=O)OCCCCC(N)=O. The van der Waals surface area contributed by atoms with Crippen LogP contribution in [0.25, 0.3) is 0 Å². The predicted molar refractivity (Wildman–Crippen MR) is 166 cm³/mol. The van der Waals surface area contributed by atoms with E-state index in [-0.39, 0.29) is 55.2 Å². The first-order valence-electron chi connectivity index (χ1n) is 16.0. The highest BCUT2D eigenvalue weighted by Crippen LogP contribution is 2.38. The van der Waals surface area contributed by atoms with Crippen LogP contribution in [0.3, 0.4) is 0 Å². The van der Waals surface area contributed by atoms with Gasteiger partial charge >= 0.3 is 18.4 Å². The summed E-state index contributed by atoms with van der Waals surface area (Å²) in [6.45, 7) is 4.16. The molecule has 1 saturated heterocycles. The lowest BCUT2D eigenvalue weighted by molar-refractivity contribution is -0.143. The van der Waals surface area contributed by atoms with Crippen LogP contribution in [-0.2, 0) is 28.4 Å². The zero-order valence-corrected chi connectivity index (χ0v) is 27.1. The van der Waals surface area contributed by atoms with Gasteiger partial charge in [0, 0.05) is 69.2 Å². The molecule has 3 heterocycles. The molecular formula is C32H41F6N7O3. The molecule has 2 aliphatic heterocycles. The number of benzene rings is 1. The van der Waals surface area contributed by atoms with E-state index in [2.05, 4.69) is 15.1 Å². The molecule has 264 valence electrons.